The van der Waals surface area contributed by atoms with Crippen LogP contribution in [0.2, 0.25) is 0 Å². The molecule has 0 nitrogen and oxygen atoms in total. The number of rotatable bonds is 9. The molecule has 0 bridgehead atoms. The SMILES string of the molecule is CC(C)(C)c1ccc2c([C+](c3ccc(C#Cc4cc(C#Cc5ccc([C+](c6cc(C(C)(C)C)c7ccc(C(C)(C)C)ccc6-7)c6cc(C(C)(C)C)c7ccc(C(C)(C)C)ccc6-7)cc5)cc(C#Cc5ccc([C+](c6cc(C(C)(C)C)c7ccc(C(C)(C)C)ccc6-7)c6cc(C(C)(C)C)c7ccc(C(C)(C)C)ccc6-7)cc5)c4)cc3)c3cc(C(C)(C)C)c4ccc(C(C)(C)C)ccc3-4)cc(C(C)(C)C)c-2cc1. The summed E-state index contributed by atoms with van der Waals surface area (Å²) in [6.45, 7) is 84.2. The van der Waals surface area contributed by atoms with Gasteiger partial charge in [0.1, 0.15) is 0 Å². The summed E-state index contributed by atoms with van der Waals surface area (Å²) >= 11 is 0. The fourth-order valence-electron chi connectivity index (χ4n) is 20.9. The van der Waals surface area contributed by atoms with Crippen molar-refractivity contribution >= 4 is 0 Å². The van der Waals surface area contributed by atoms with Crippen LogP contribution in [0, 0.1) is 53.3 Å². The summed E-state index contributed by atoms with van der Waals surface area (Å²) in [6, 6.07) is 106. The Morgan fingerprint density at radius 1 is 0.128 bits per heavy atom. The second-order valence-electron chi connectivity index (χ2n) is 52.9. The van der Waals surface area contributed by atoms with Gasteiger partial charge >= 0.3 is 0 Å². The second-order valence-corrected chi connectivity index (χ2v) is 52.9. The quantitative estimate of drug-likeness (QED) is 0.0998. The highest BCUT2D eigenvalue weighted by Crippen LogP contribution is 2.56. The van der Waals surface area contributed by atoms with Crippen LogP contribution in [0.25, 0.3) is 66.8 Å². The third-order valence-corrected chi connectivity index (χ3v) is 29.3. The Balaban J connectivity index is 0.856. The molecular formula is C141H153+3. The Labute approximate surface area is 851 Å². The molecule has 12 aliphatic carbocycles. The molecule has 0 N–H and O–H groups in total. The van der Waals surface area contributed by atoms with Crippen molar-refractivity contribution in [1.82, 2.24) is 0 Å². The summed E-state index contributed by atoms with van der Waals surface area (Å²) in [5, 5.41) is 0. The van der Waals surface area contributed by atoms with E-state index in [-0.39, 0.29) is 65.0 Å². The molecular weight excluding hydrogens is 1690 g/mol. The minimum absolute atomic E-state index is 0.0427. The second kappa shape index (κ2) is 36.4. The third kappa shape index (κ3) is 21.1. The minimum Gasteiger partial charge on any atom is -0.0615 e. The predicted molar refractivity (Wildman–Crippen MR) is 608 cm³/mol. The molecule has 12 aliphatic rings. The van der Waals surface area contributed by atoms with Crippen molar-refractivity contribution in [3.05, 3.63) is 441 Å². The van der Waals surface area contributed by atoms with Crippen molar-refractivity contribution in [3.63, 3.8) is 0 Å². The maximum Gasteiger partial charge on any atom is 0.0645 e. The van der Waals surface area contributed by atoms with Crippen LogP contribution in [0.5, 0.6) is 0 Å². The average Bonchev–Trinajstić information content (AvgIpc) is 1.59. The van der Waals surface area contributed by atoms with Crippen LogP contribution in [0.1, 0.15) is 399 Å². The smallest absolute Gasteiger partial charge is 0.0615 e. The first-order valence-corrected chi connectivity index (χ1v) is 51.6. The van der Waals surface area contributed by atoms with Crippen LogP contribution in [0.15, 0.2) is 273 Å². The van der Waals surface area contributed by atoms with Crippen LogP contribution < -0.4 is 0 Å². The molecule has 0 atom stereocenters. The van der Waals surface area contributed by atoms with Gasteiger partial charge in [-0.25, -0.2) is 0 Å². The number of benzene rings is 4. The summed E-state index contributed by atoms with van der Waals surface area (Å²) in [5.74, 6) is 26.0. The topological polar surface area (TPSA) is 0 Å². The first-order valence-electron chi connectivity index (χ1n) is 51.6. The lowest BCUT2D eigenvalue weighted by Crippen LogP contribution is -2.11. The normalized spacial score (nSPS) is 12.9. The third-order valence-electron chi connectivity index (χ3n) is 29.3. The van der Waals surface area contributed by atoms with Crippen molar-refractivity contribution in [2.45, 2.75) is 314 Å². The zero-order valence-electron chi connectivity index (χ0n) is 92.0. The lowest BCUT2D eigenvalue weighted by atomic mass is 9.82. The van der Waals surface area contributed by atoms with E-state index < -0.39 is 0 Å². The van der Waals surface area contributed by atoms with E-state index in [9.17, 15) is 0 Å². The van der Waals surface area contributed by atoms with Crippen LogP contribution in [-0.4, -0.2) is 0 Å². The Morgan fingerprint density at radius 2 is 0.255 bits per heavy atom. The van der Waals surface area contributed by atoms with E-state index >= 15 is 0 Å². The molecule has 4 aromatic carbocycles. The van der Waals surface area contributed by atoms with Crippen LogP contribution in [0.3, 0.4) is 0 Å². The zero-order valence-corrected chi connectivity index (χ0v) is 92.0. The molecule has 0 spiro atoms. The van der Waals surface area contributed by atoms with Gasteiger partial charge in [-0.05, 0) is 332 Å². The lowest BCUT2D eigenvalue weighted by molar-refractivity contribution is 0.590. The highest BCUT2D eigenvalue weighted by atomic mass is 14.4. The van der Waals surface area contributed by atoms with Gasteiger partial charge in [0.05, 0.1) is 67.8 Å². The molecule has 0 aliphatic heterocycles. The fourth-order valence-corrected chi connectivity index (χ4v) is 20.9. The number of fused-ring (bicyclic) bond motifs is 6. The predicted octanol–water partition coefficient (Wildman–Crippen LogP) is 37.1. The molecule has 0 amide bonds. The van der Waals surface area contributed by atoms with E-state index in [2.05, 4.69) is 558 Å². The molecule has 0 heteroatoms. The van der Waals surface area contributed by atoms with Gasteiger partial charge in [-0.3, -0.25) is 0 Å². The highest BCUT2D eigenvalue weighted by molar-refractivity contribution is 5.92. The van der Waals surface area contributed by atoms with Gasteiger partial charge in [0.25, 0.3) is 0 Å². The number of hydrogen-bond acceptors (Lipinski definition) is 0. The summed E-state index contributed by atoms with van der Waals surface area (Å²) in [7, 11) is 0. The average molecular weight is 1850 g/mol. The Kier molecular flexibility index (Phi) is 26.2. The standard InChI is InChI=1S/C141H153/c1-130(2,3)97-55-67-103-109(73-61-97)121(136(19,20)21)82-115(103)127(116-83-122(137(22,23)24)110-74-62-98(131(4,5)6)56-68-104(110)116)94-49-43-88(44-50-94)37-40-91-79-92(41-38-89-45-51-95(52-46-89)128(117-84-123(138(25,26)27)111-75-63-99(132(7,8)9)57-69-105(111)117)118-85-124(139(28,29)30)112-76-64-100(133(10,11)12)58-70-106(112)118)81-93(80-91)42-39-90-47-53-96(54-48-90)129(119-86-125(140(31,32)33)113-77-65-101(134(13,14)15)59-71-107(113)119)120-87-126(141(34,35)36)114-78-66-102(135(16,17)18)60-72-108(114)120/h43-87H,1-36H3/q+3. The summed E-state index contributed by atoms with van der Waals surface area (Å²) in [6.07, 6.45) is 0. The van der Waals surface area contributed by atoms with Gasteiger partial charge < -0.3 is 0 Å². The Morgan fingerprint density at radius 3 is 0.383 bits per heavy atom. The summed E-state index contributed by atoms with van der Waals surface area (Å²) < 4.78 is 0. The molecule has 141 heavy (non-hydrogen) atoms. The molecule has 0 fully saturated rings. The Hall–Kier alpha value is -12.6. The highest BCUT2D eigenvalue weighted by Gasteiger charge is 2.44. The fraction of sp³-hybridized carbons (Fsp3) is 0.340. The van der Waals surface area contributed by atoms with Gasteiger partial charge in [0.2, 0.25) is 0 Å². The van der Waals surface area contributed by atoms with E-state index in [0.29, 0.717) is 0 Å². The van der Waals surface area contributed by atoms with Crippen molar-refractivity contribution < 1.29 is 0 Å². The van der Waals surface area contributed by atoms with E-state index in [1.807, 2.05) is 0 Å². The van der Waals surface area contributed by atoms with E-state index in [1.165, 1.54) is 185 Å². The molecule has 0 unspecified atom stereocenters. The maximum absolute atomic E-state index is 3.73. The number of hydrogen-bond donors (Lipinski definition) is 0. The van der Waals surface area contributed by atoms with Gasteiger partial charge in [-0.1, -0.05) is 358 Å². The van der Waals surface area contributed by atoms with E-state index in [1.54, 1.807) is 0 Å². The molecule has 16 rings (SSSR count). The maximum atomic E-state index is 3.73. The van der Waals surface area contributed by atoms with Crippen LogP contribution in [-0.2, 0) is 65.0 Å². The van der Waals surface area contributed by atoms with Gasteiger partial charge in [-0.2, -0.15) is 0 Å². The largest absolute Gasteiger partial charge is 0.0645 e. The molecule has 714 valence electrons. The molecule has 0 aromatic heterocycles. The van der Waals surface area contributed by atoms with Crippen LogP contribution >= 0.6 is 0 Å². The van der Waals surface area contributed by atoms with Crippen molar-refractivity contribution in [2.24, 2.45) is 0 Å². The molecule has 0 saturated heterocycles. The zero-order chi connectivity index (χ0) is 102. The first-order chi connectivity index (χ1) is 65.5. The monoisotopic (exact) mass is 1850 g/mol. The summed E-state index contributed by atoms with van der Waals surface area (Å²) in [4.78, 5) is 0. The van der Waals surface area contributed by atoms with Gasteiger partial charge in [-0.15, -0.1) is 0 Å². The van der Waals surface area contributed by atoms with Gasteiger partial charge in [0.15, 0.2) is 0 Å². The van der Waals surface area contributed by atoms with E-state index in [4.69, 9.17) is 0 Å². The van der Waals surface area contributed by atoms with Crippen molar-refractivity contribution in [3.8, 4) is 102 Å². The first kappa shape index (κ1) is 101. The van der Waals surface area contributed by atoms with Crippen molar-refractivity contribution in [2.75, 3.05) is 0 Å². The van der Waals surface area contributed by atoms with Crippen molar-refractivity contribution in [1.29, 1.82) is 0 Å². The summed E-state index contributed by atoms with van der Waals surface area (Å²) in [5.41, 5.74) is 45.9. The van der Waals surface area contributed by atoms with E-state index in [0.717, 1.165) is 50.1 Å². The van der Waals surface area contributed by atoms with Crippen LogP contribution in [0.4, 0.5) is 0 Å². The molecule has 4 aromatic rings. The molecule has 0 radical (unpaired) electrons. The minimum atomic E-state index is -0.141. The Bertz CT molecular complexity index is 6340. The molecule has 0 saturated carbocycles. The van der Waals surface area contributed by atoms with Gasteiger partial charge in [0, 0.05) is 100 Å². The molecule has 0 heterocycles. The lowest BCUT2D eigenvalue weighted by Gasteiger charge is -2.18.